The molecule has 0 aliphatic rings. The molecule has 2 aromatic carbocycles. The van der Waals surface area contributed by atoms with E-state index in [1.165, 1.54) is 11.3 Å². The first-order chi connectivity index (χ1) is 12.4. The monoisotopic (exact) mass is 408 g/mol. The van der Waals surface area contributed by atoms with Crippen LogP contribution in [0, 0.1) is 6.92 Å². The fourth-order valence-corrected chi connectivity index (χ4v) is 4.93. The molecule has 1 amide bonds. The number of nitrogens with zero attached hydrogens (tertiary/aromatic N) is 1. The van der Waals surface area contributed by atoms with Crippen LogP contribution in [-0.4, -0.2) is 25.1 Å². The number of thiazole rings is 1. The number of aromatic nitrogens is 1. The smallest absolute Gasteiger partial charge is 0.226 e. The zero-order chi connectivity index (χ0) is 18.7. The molecule has 5 nitrogen and oxygen atoms in total. The number of fused-ring (bicyclic) bond motifs is 1. The fourth-order valence-electron chi connectivity index (χ4n) is 2.50. The summed E-state index contributed by atoms with van der Waals surface area (Å²) in [5.41, 5.74) is 1.64. The van der Waals surface area contributed by atoms with Gasteiger partial charge in [-0.15, -0.1) is 0 Å². The van der Waals surface area contributed by atoms with Crippen molar-refractivity contribution in [1.82, 2.24) is 4.98 Å². The van der Waals surface area contributed by atoms with Gasteiger partial charge in [-0.2, -0.15) is 0 Å². The zero-order valence-corrected chi connectivity index (χ0v) is 16.4. The van der Waals surface area contributed by atoms with E-state index in [2.05, 4.69) is 10.3 Å². The number of benzene rings is 2. The van der Waals surface area contributed by atoms with E-state index in [4.69, 9.17) is 11.6 Å². The predicted molar refractivity (Wildman–Crippen MR) is 106 cm³/mol. The summed E-state index contributed by atoms with van der Waals surface area (Å²) < 4.78 is 25.3. The van der Waals surface area contributed by atoms with Crippen LogP contribution in [0.3, 0.4) is 0 Å². The van der Waals surface area contributed by atoms with E-state index in [1.807, 2.05) is 13.0 Å². The van der Waals surface area contributed by atoms with Crippen molar-refractivity contribution in [2.45, 2.75) is 24.7 Å². The number of anilines is 1. The van der Waals surface area contributed by atoms with Crippen molar-refractivity contribution in [2.75, 3.05) is 11.1 Å². The van der Waals surface area contributed by atoms with E-state index in [0.717, 1.165) is 15.8 Å². The highest BCUT2D eigenvalue weighted by Crippen LogP contribution is 2.31. The summed E-state index contributed by atoms with van der Waals surface area (Å²) in [7, 11) is -3.37. The molecule has 8 heteroatoms. The van der Waals surface area contributed by atoms with Crippen LogP contribution in [0.2, 0.25) is 5.02 Å². The lowest BCUT2D eigenvalue weighted by Crippen LogP contribution is -2.14. The Morgan fingerprint density at radius 3 is 2.65 bits per heavy atom. The predicted octanol–water partition coefficient (Wildman–Crippen LogP) is 4.45. The molecular weight excluding hydrogens is 392 g/mol. The molecule has 1 aromatic heterocycles. The van der Waals surface area contributed by atoms with Gasteiger partial charge in [0.2, 0.25) is 5.91 Å². The van der Waals surface area contributed by atoms with Gasteiger partial charge in [-0.05, 0) is 43.2 Å². The molecule has 1 heterocycles. The van der Waals surface area contributed by atoms with E-state index in [-0.39, 0.29) is 29.4 Å². The highest BCUT2D eigenvalue weighted by atomic mass is 35.5. The number of amides is 1. The van der Waals surface area contributed by atoms with Crippen molar-refractivity contribution >= 4 is 54.0 Å². The number of hydrogen-bond donors (Lipinski definition) is 1. The molecule has 1 N–H and O–H groups in total. The molecule has 3 rings (SSSR count). The topological polar surface area (TPSA) is 76.1 Å². The van der Waals surface area contributed by atoms with Crippen molar-refractivity contribution < 1.29 is 13.2 Å². The molecular formula is C18H17ClN2O3S2. The first-order valence-electron chi connectivity index (χ1n) is 8.00. The SMILES string of the molecule is Cc1c(Cl)ccc2sc(NC(=O)CCCS(=O)(=O)c3ccccc3)nc12. The highest BCUT2D eigenvalue weighted by molar-refractivity contribution is 7.91. The Morgan fingerprint density at radius 2 is 1.92 bits per heavy atom. The van der Waals surface area contributed by atoms with Crippen LogP contribution < -0.4 is 5.32 Å². The standard InChI is InChI=1S/C18H17ClN2O3S2/c1-12-14(19)9-10-15-17(12)21-18(25-15)20-16(22)8-5-11-26(23,24)13-6-3-2-4-7-13/h2-4,6-7,9-10H,5,8,11H2,1H3,(H,20,21,22). The van der Waals surface area contributed by atoms with Gasteiger partial charge in [0.1, 0.15) is 0 Å². The van der Waals surface area contributed by atoms with Gasteiger partial charge in [0.05, 0.1) is 20.9 Å². The van der Waals surface area contributed by atoms with Gasteiger partial charge in [-0.3, -0.25) is 4.79 Å². The number of hydrogen-bond acceptors (Lipinski definition) is 5. The van der Waals surface area contributed by atoms with Gasteiger partial charge in [0.25, 0.3) is 0 Å². The lowest BCUT2D eigenvalue weighted by molar-refractivity contribution is -0.116. The average molecular weight is 409 g/mol. The highest BCUT2D eigenvalue weighted by Gasteiger charge is 2.15. The average Bonchev–Trinajstić information content (AvgIpc) is 3.02. The van der Waals surface area contributed by atoms with Crippen LogP contribution in [0.4, 0.5) is 5.13 Å². The number of aryl methyl sites for hydroxylation is 1. The summed E-state index contributed by atoms with van der Waals surface area (Å²) in [6, 6.07) is 11.9. The molecule has 0 saturated carbocycles. The Labute approximate surface area is 160 Å². The third kappa shape index (κ3) is 4.23. The minimum atomic E-state index is -3.37. The Morgan fingerprint density at radius 1 is 1.19 bits per heavy atom. The van der Waals surface area contributed by atoms with E-state index < -0.39 is 9.84 Å². The summed E-state index contributed by atoms with van der Waals surface area (Å²) in [5.74, 6) is -0.324. The van der Waals surface area contributed by atoms with Gasteiger partial charge >= 0.3 is 0 Å². The van der Waals surface area contributed by atoms with Crippen LogP contribution in [0.1, 0.15) is 18.4 Å². The number of nitrogens with one attached hydrogen (secondary N) is 1. The second-order valence-electron chi connectivity index (χ2n) is 5.82. The third-order valence-electron chi connectivity index (χ3n) is 3.91. The summed E-state index contributed by atoms with van der Waals surface area (Å²) in [5, 5.41) is 3.85. The molecule has 0 unspecified atom stereocenters. The van der Waals surface area contributed by atoms with Gasteiger partial charge < -0.3 is 5.32 Å². The van der Waals surface area contributed by atoms with E-state index in [9.17, 15) is 13.2 Å². The minimum Gasteiger partial charge on any atom is -0.302 e. The molecule has 26 heavy (non-hydrogen) atoms. The lowest BCUT2D eigenvalue weighted by Gasteiger charge is -2.04. The molecule has 0 radical (unpaired) electrons. The largest absolute Gasteiger partial charge is 0.302 e. The Balaban J connectivity index is 1.59. The summed E-state index contributed by atoms with van der Waals surface area (Å²) in [6.45, 7) is 1.88. The maximum Gasteiger partial charge on any atom is 0.226 e. The van der Waals surface area contributed by atoms with Crippen molar-refractivity contribution in [3.63, 3.8) is 0 Å². The zero-order valence-electron chi connectivity index (χ0n) is 14.0. The maximum absolute atomic E-state index is 12.2. The Hall–Kier alpha value is -1.96. The van der Waals surface area contributed by atoms with E-state index in [0.29, 0.717) is 10.2 Å². The van der Waals surface area contributed by atoms with Gasteiger partial charge in [-0.25, -0.2) is 13.4 Å². The van der Waals surface area contributed by atoms with Crippen molar-refractivity contribution in [2.24, 2.45) is 0 Å². The van der Waals surface area contributed by atoms with Crippen molar-refractivity contribution in [3.05, 3.63) is 53.1 Å². The molecule has 136 valence electrons. The van der Waals surface area contributed by atoms with Crippen LogP contribution in [-0.2, 0) is 14.6 Å². The fraction of sp³-hybridized carbons (Fsp3) is 0.222. The molecule has 0 atom stereocenters. The Kier molecular flexibility index (Phi) is 5.60. The molecule has 0 spiro atoms. The van der Waals surface area contributed by atoms with Crippen LogP contribution in [0.15, 0.2) is 47.4 Å². The quantitative estimate of drug-likeness (QED) is 0.653. The molecule has 3 aromatic rings. The summed E-state index contributed by atoms with van der Waals surface area (Å²) in [6.07, 6.45) is 0.362. The minimum absolute atomic E-state index is 0.0704. The molecule has 0 saturated heterocycles. The lowest BCUT2D eigenvalue weighted by atomic mass is 10.2. The summed E-state index contributed by atoms with van der Waals surface area (Å²) >= 11 is 7.45. The molecule has 0 aliphatic heterocycles. The van der Waals surface area contributed by atoms with Crippen LogP contribution in [0.5, 0.6) is 0 Å². The maximum atomic E-state index is 12.2. The van der Waals surface area contributed by atoms with Crippen LogP contribution in [0.25, 0.3) is 10.2 Å². The number of sulfone groups is 1. The van der Waals surface area contributed by atoms with Gasteiger partial charge in [0.15, 0.2) is 15.0 Å². The molecule has 0 fully saturated rings. The number of carbonyl (C=O) groups excluding carboxylic acids is 1. The van der Waals surface area contributed by atoms with Gasteiger partial charge in [0, 0.05) is 11.4 Å². The summed E-state index contributed by atoms with van der Waals surface area (Å²) in [4.78, 5) is 16.8. The first-order valence-corrected chi connectivity index (χ1v) is 10.8. The van der Waals surface area contributed by atoms with E-state index >= 15 is 0 Å². The van der Waals surface area contributed by atoms with E-state index in [1.54, 1.807) is 36.4 Å². The Bertz CT molecular complexity index is 1050. The van der Waals surface area contributed by atoms with Crippen molar-refractivity contribution in [1.29, 1.82) is 0 Å². The normalized spacial score (nSPS) is 11.6. The number of rotatable bonds is 6. The second-order valence-corrected chi connectivity index (χ2v) is 9.37. The van der Waals surface area contributed by atoms with Crippen molar-refractivity contribution in [3.8, 4) is 0 Å². The number of carbonyl (C=O) groups is 1. The third-order valence-corrected chi connectivity index (χ3v) is 7.08. The molecule has 0 bridgehead atoms. The number of halogens is 1. The first kappa shape index (κ1) is 18.8. The second kappa shape index (κ2) is 7.73. The van der Waals surface area contributed by atoms with Gasteiger partial charge in [-0.1, -0.05) is 41.1 Å². The molecule has 0 aliphatic carbocycles. The van der Waals surface area contributed by atoms with Crippen LogP contribution >= 0.6 is 22.9 Å².